The summed E-state index contributed by atoms with van der Waals surface area (Å²) in [7, 11) is 3.95. The van der Waals surface area contributed by atoms with Gasteiger partial charge in [0.25, 0.3) is 0 Å². The normalized spacial score (nSPS) is 13.1. The summed E-state index contributed by atoms with van der Waals surface area (Å²) in [4.78, 5) is 2.04. The second-order valence-corrected chi connectivity index (χ2v) is 4.08. The topological polar surface area (TPSA) is 23.5 Å². The maximum Gasteiger partial charge on any atom is 0.123 e. The molecular formula is C12H18FNO. The van der Waals surface area contributed by atoms with Crippen molar-refractivity contribution in [2.75, 3.05) is 20.6 Å². The SMILES string of the molecule is CN(C)CCC(O)Cc1ccc(F)cc1. The highest BCUT2D eigenvalue weighted by molar-refractivity contribution is 5.16. The smallest absolute Gasteiger partial charge is 0.123 e. The number of rotatable bonds is 5. The van der Waals surface area contributed by atoms with E-state index in [9.17, 15) is 9.50 Å². The molecule has 0 bridgehead atoms. The number of benzene rings is 1. The van der Waals surface area contributed by atoms with E-state index in [2.05, 4.69) is 0 Å². The molecule has 0 aliphatic heterocycles. The molecule has 1 aromatic rings. The zero-order valence-electron chi connectivity index (χ0n) is 9.28. The molecule has 0 amide bonds. The van der Waals surface area contributed by atoms with Crippen LogP contribution in [-0.4, -0.2) is 36.8 Å². The van der Waals surface area contributed by atoms with Gasteiger partial charge in [0, 0.05) is 0 Å². The van der Waals surface area contributed by atoms with Crippen LogP contribution in [0.1, 0.15) is 12.0 Å². The Morgan fingerprint density at radius 1 is 1.27 bits per heavy atom. The molecule has 84 valence electrons. The van der Waals surface area contributed by atoms with Gasteiger partial charge in [-0.3, -0.25) is 0 Å². The Labute approximate surface area is 90.3 Å². The van der Waals surface area contributed by atoms with Gasteiger partial charge in [-0.2, -0.15) is 0 Å². The molecule has 1 atom stereocenters. The molecule has 0 aromatic heterocycles. The third-order valence-electron chi connectivity index (χ3n) is 2.29. The summed E-state index contributed by atoms with van der Waals surface area (Å²) >= 11 is 0. The Morgan fingerprint density at radius 3 is 2.40 bits per heavy atom. The van der Waals surface area contributed by atoms with E-state index >= 15 is 0 Å². The van der Waals surface area contributed by atoms with Gasteiger partial charge >= 0.3 is 0 Å². The third kappa shape index (κ3) is 4.91. The predicted molar refractivity (Wildman–Crippen MR) is 59.3 cm³/mol. The molecule has 0 fully saturated rings. The largest absolute Gasteiger partial charge is 0.393 e. The summed E-state index contributed by atoms with van der Waals surface area (Å²) in [6.07, 6.45) is 0.983. The van der Waals surface area contributed by atoms with E-state index < -0.39 is 0 Å². The lowest BCUT2D eigenvalue weighted by molar-refractivity contribution is 0.152. The molecule has 3 heteroatoms. The molecule has 2 nitrogen and oxygen atoms in total. The van der Waals surface area contributed by atoms with Crippen molar-refractivity contribution in [3.05, 3.63) is 35.6 Å². The first-order chi connectivity index (χ1) is 7.08. The van der Waals surface area contributed by atoms with Gasteiger partial charge < -0.3 is 10.0 Å². The van der Waals surface area contributed by atoms with Crippen LogP contribution < -0.4 is 0 Å². The fourth-order valence-corrected chi connectivity index (χ4v) is 1.40. The molecule has 0 saturated heterocycles. The Hall–Kier alpha value is -0.930. The summed E-state index contributed by atoms with van der Waals surface area (Å²) in [6.45, 7) is 0.863. The molecule has 1 rings (SSSR count). The third-order valence-corrected chi connectivity index (χ3v) is 2.29. The van der Waals surface area contributed by atoms with Gasteiger partial charge in [-0.25, -0.2) is 4.39 Å². The van der Waals surface area contributed by atoms with Crippen molar-refractivity contribution >= 4 is 0 Å². The molecule has 0 saturated carbocycles. The number of hydrogen-bond acceptors (Lipinski definition) is 2. The molecule has 1 aromatic carbocycles. The van der Waals surface area contributed by atoms with E-state index in [-0.39, 0.29) is 11.9 Å². The maximum absolute atomic E-state index is 12.6. The van der Waals surface area contributed by atoms with E-state index in [0.29, 0.717) is 6.42 Å². The van der Waals surface area contributed by atoms with Crippen LogP contribution in [0.25, 0.3) is 0 Å². The molecule has 0 aliphatic rings. The van der Waals surface area contributed by atoms with Crippen LogP contribution in [0.2, 0.25) is 0 Å². The highest BCUT2D eigenvalue weighted by atomic mass is 19.1. The van der Waals surface area contributed by atoms with Crippen LogP contribution in [0, 0.1) is 5.82 Å². The number of aliphatic hydroxyl groups is 1. The standard InChI is InChI=1S/C12H18FNO/c1-14(2)8-7-12(15)9-10-3-5-11(13)6-4-10/h3-6,12,15H,7-9H2,1-2H3. The average molecular weight is 211 g/mol. The van der Waals surface area contributed by atoms with Gasteiger partial charge in [0.2, 0.25) is 0 Å². The van der Waals surface area contributed by atoms with Gasteiger partial charge in [-0.05, 0) is 51.2 Å². The zero-order chi connectivity index (χ0) is 11.3. The zero-order valence-corrected chi connectivity index (χ0v) is 9.28. The molecular weight excluding hydrogens is 193 g/mol. The maximum atomic E-state index is 12.6. The van der Waals surface area contributed by atoms with Crippen LogP contribution in [-0.2, 0) is 6.42 Å². The van der Waals surface area contributed by atoms with Crippen molar-refractivity contribution in [3.63, 3.8) is 0 Å². The lowest BCUT2D eigenvalue weighted by Crippen LogP contribution is -2.20. The van der Waals surface area contributed by atoms with Crippen LogP contribution in [0.3, 0.4) is 0 Å². The molecule has 1 N–H and O–H groups in total. The Morgan fingerprint density at radius 2 is 1.87 bits per heavy atom. The van der Waals surface area contributed by atoms with Crippen molar-refractivity contribution in [1.29, 1.82) is 0 Å². The number of nitrogens with zero attached hydrogens (tertiary/aromatic N) is 1. The van der Waals surface area contributed by atoms with Gasteiger partial charge in [-0.15, -0.1) is 0 Å². The number of aliphatic hydroxyl groups excluding tert-OH is 1. The van der Waals surface area contributed by atoms with Crippen LogP contribution in [0.4, 0.5) is 4.39 Å². The van der Waals surface area contributed by atoms with E-state index in [1.165, 1.54) is 12.1 Å². The first kappa shape index (κ1) is 12.1. The Bertz CT molecular complexity index is 284. The minimum Gasteiger partial charge on any atom is -0.393 e. The Balaban J connectivity index is 2.37. The predicted octanol–water partition coefficient (Wildman–Crippen LogP) is 1.68. The molecule has 15 heavy (non-hydrogen) atoms. The molecule has 0 spiro atoms. The summed E-state index contributed by atoms with van der Waals surface area (Å²) < 4.78 is 12.6. The second-order valence-electron chi connectivity index (χ2n) is 4.08. The summed E-state index contributed by atoms with van der Waals surface area (Å²) in [5.41, 5.74) is 0.975. The van der Waals surface area contributed by atoms with Crippen LogP contribution >= 0.6 is 0 Å². The van der Waals surface area contributed by atoms with Crippen LogP contribution in [0.5, 0.6) is 0 Å². The van der Waals surface area contributed by atoms with E-state index in [0.717, 1.165) is 18.5 Å². The van der Waals surface area contributed by atoms with Crippen molar-refractivity contribution < 1.29 is 9.50 Å². The monoisotopic (exact) mass is 211 g/mol. The minimum absolute atomic E-state index is 0.235. The quantitative estimate of drug-likeness (QED) is 0.801. The number of halogens is 1. The van der Waals surface area contributed by atoms with Crippen molar-refractivity contribution in [3.8, 4) is 0 Å². The highest BCUT2D eigenvalue weighted by Gasteiger charge is 2.06. The molecule has 0 radical (unpaired) electrons. The first-order valence-electron chi connectivity index (χ1n) is 5.15. The lowest BCUT2D eigenvalue weighted by atomic mass is 10.1. The first-order valence-corrected chi connectivity index (χ1v) is 5.15. The Kier molecular flexibility index (Phi) is 4.72. The average Bonchev–Trinajstić information content (AvgIpc) is 2.19. The highest BCUT2D eigenvalue weighted by Crippen LogP contribution is 2.07. The van der Waals surface area contributed by atoms with Gasteiger partial charge in [0.1, 0.15) is 5.82 Å². The summed E-state index contributed by atoms with van der Waals surface area (Å²) in [5, 5.41) is 9.70. The van der Waals surface area contributed by atoms with Crippen molar-refractivity contribution in [2.45, 2.75) is 18.9 Å². The van der Waals surface area contributed by atoms with Gasteiger partial charge in [0.15, 0.2) is 0 Å². The number of hydrogen-bond donors (Lipinski definition) is 1. The fourth-order valence-electron chi connectivity index (χ4n) is 1.40. The van der Waals surface area contributed by atoms with Gasteiger partial charge in [0.05, 0.1) is 6.10 Å². The van der Waals surface area contributed by atoms with Crippen molar-refractivity contribution in [1.82, 2.24) is 4.90 Å². The molecule has 0 heterocycles. The van der Waals surface area contributed by atoms with Gasteiger partial charge in [-0.1, -0.05) is 12.1 Å². The van der Waals surface area contributed by atoms with E-state index in [4.69, 9.17) is 0 Å². The summed E-state index contributed by atoms with van der Waals surface area (Å²) in [6, 6.07) is 6.28. The molecule has 1 unspecified atom stereocenters. The molecule has 0 aliphatic carbocycles. The lowest BCUT2D eigenvalue weighted by Gasteiger charge is -2.14. The minimum atomic E-state index is -0.349. The van der Waals surface area contributed by atoms with Crippen molar-refractivity contribution in [2.24, 2.45) is 0 Å². The van der Waals surface area contributed by atoms with E-state index in [1.54, 1.807) is 12.1 Å². The fraction of sp³-hybridized carbons (Fsp3) is 0.500. The van der Waals surface area contributed by atoms with E-state index in [1.807, 2.05) is 19.0 Å². The summed E-state index contributed by atoms with van der Waals surface area (Å²) in [5.74, 6) is -0.235. The second kappa shape index (κ2) is 5.83. The van der Waals surface area contributed by atoms with Crippen LogP contribution in [0.15, 0.2) is 24.3 Å².